The molecule has 2 N–H and O–H groups in total. The van der Waals surface area contributed by atoms with Crippen molar-refractivity contribution in [1.29, 1.82) is 5.26 Å². The van der Waals surface area contributed by atoms with Crippen LogP contribution in [0.4, 0.5) is 4.39 Å². The maximum Gasteiger partial charge on any atom is 0.271 e. The second-order valence-corrected chi connectivity index (χ2v) is 7.08. The van der Waals surface area contributed by atoms with Gasteiger partial charge in [0.15, 0.2) is 16.7 Å². The molecule has 0 aliphatic carbocycles. The fourth-order valence-corrected chi connectivity index (χ4v) is 3.23. The number of nitrogens with one attached hydrogen (secondary N) is 2. The summed E-state index contributed by atoms with van der Waals surface area (Å²) in [5.41, 5.74) is 0.771. The van der Waals surface area contributed by atoms with Crippen LogP contribution in [0.2, 0.25) is 15.2 Å². The summed E-state index contributed by atoms with van der Waals surface area (Å²) in [7, 11) is 0. The Balaban J connectivity index is 1.82. The zero-order valence-electron chi connectivity index (χ0n) is 14.8. The van der Waals surface area contributed by atoms with Crippen molar-refractivity contribution >= 4 is 40.7 Å². The Bertz CT molecular complexity index is 1140. The van der Waals surface area contributed by atoms with Crippen LogP contribution in [-0.2, 0) is 6.54 Å². The van der Waals surface area contributed by atoms with Crippen LogP contribution in [0.5, 0.6) is 11.5 Å². The number of carbonyl (C=O) groups is 1. The first kappa shape index (κ1) is 20.9. The van der Waals surface area contributed by atoms with Crippen LogP contribution in [0, 0.1) is 24.1 Å². The number of rotatable bonds is 5. The maximum absolute atomic E-state index is 14.3. The molecule has 0 saturated heterocycles. The topological polar surface area (TPSA) is 90.8 Å². The van der Waals surface area contributed by atoms with Gasteiger partial charge in [0.2, 0.25) is 0 Å². The number of H-pyrrole nitrogens is 1. The van der Waals surface area contributed by atoms with E-state index in [2.05, 4.69) is 15.3 Å². The predicted octanol–water partition coefficient (Wildman–Crippen LogP) is 5.41. The minimum atomic E-state index is -0.712. The normalized spacial score (nSPS) is 10.5. The molecule has 0 fully saturated rings. The number of halogens is 4. The average Bonchev–Trinajstić information content (AvgIpc) is 3.02. The van der Waals surface area contributed by atoms with Gasteiger partial charge in [0.25, 0.3) is 5.91 Å². The largest absolute Gasteiger partial charge is 0.453 e. The Morgan fingerprint density at radius 2 is 2.07 bits per heavy atom. The maximum atomic E-state index is 14.3. The van der Waals surface area contributed by atoms with E-state index in [4.69, 9.17) is 44.8 Å². The van der Waals surface area contributed by atoms with E-state index in [1.165, 1.54) is 24.3 Å². The Morgan fingerprint density at radius 1 is 1.31 bits per heavy atom. The van der Waals surface area contributed by atoms with Crippen molar-refractivity contribution in [3.05, 3.63) is 74.0 Å². The van der Waals surface area contributed by atoms with Gasteiger partial charge in [0.05, 0.1) is 16.7 Å². The van der Waals surface area contributed by atoms with E-state index in [0.717, 1.165) is 6.07 Å². The fourth-order valence-electron chi connectivity index (χ4n) is 2.49. The van der Waals surface area contributed by atoms with Crippen molar-refractivity contribution in [3.8, 4) is 17.6 Å². The zero-order chi connectivity index (χ0) is 21.1. The molecule has 0 unspecified atom stereocenters. The van der Waals surface area contributed by atoms with Gasteiger partial charge in [-0.1, -0.05) is 40.9 Å². The number of aryl methyl sites for hydroxylation is 1. The highest BCUT2D eigenvalue weighted by Crippen LogP contribution is 2.36. The van der Waals surface area contributed by atoms with Crippen LogP contribution in [0.25, 0.3) is 0 Å². The molecule has 6 nitrogen and oxygen atoms in total. The predicted molar refractivity (Wildman–Crippen MR) is 107 cm³/mol. The lowest BCUT2D eigenvalue weighted by molar-refractivity contribution is 0.0946. The van der Waals surface area contributed by atoms with Crippen LogP contribution in [0.1, 0.15) is 27.4 Å². The lowest BCUT2D eigenvalue weighted by atomic mass is 10.2. The van der Waals surface area contributed by atoms with Crippen LogP contribution < -0.4 is 10.1 Å². The Kier molecular flexibility index (Phi) is 6.28. The first-order chi connectivity index (χ1) is 13.8. The van der Waals surface area contributed by atoms with Crippen molar-refractivity contribution in [2.24, 2.45) is 0 Å². The van der Waals surface area contributed by atoms with Gasteiger partial charge in [-0.05, 0) is 36.8 Å². The van der Waals surface area contributed by atoms with E-state index < -0.39 is 11.7 Å². The molecule has 1 amide bonds. The van der Waals surface area contributed by atoms with Crippen LogP contribution >= 0.6 is 34.8 Å². The number of hydrogen-bond donors (Lipinski definition) is 2. The Hall–Kier alpha value is -2.79. The monoisotopic (exact) mass is 452 g/mol. The van der Waals surface area contributed by atoms with Gasteiger partial charge in [-0.3, -0.25) is 4.79 Å². The van der Waals surface area contributed by atoms with Crippen molar-refractivity contribution in [2.75, 3.05) is 0 Å². The van der Waals surface area contributed by atoms with Gasteiger partial charge in [-0.2, -0.15) is 5.26 Å². The molecule has 148 valence electrons. The number of nitriles is 1. The number of aromatic nitrogens is 2. The summed E-state index contributed by atoms with van der Waals surface area (Å²) in [5.74, 6) is -0.813. The molecule has 3 rings (SSSR count). The summed E-state index contributed by atoms with van der Waals surface area (Å²) >= 11 is 18.1. The summed E-state index contributed by atoms with van der Waals surface area (Å²) in [5, 5.41) is 11.9. The molecule has 0 atom stereocenters. The number of carbonyl (C=O) groups excluding carboxylic acids is 1. The van der Waals surface area contributed by atoms with E-state index in [1.54, 1.807) is 6.92 Å². The van der Waals surface area contributed by atoms with E-state index in [-0.39, 0.29) is 44.5 Å². The van der Waals surface area contributed by atoms with Gasteiger partial charge in [-0.25, -0.2) is 9.37 Å². The molecular weight excluding hydrogens is 442 g/mol. The van der Waals surface area contributed by atoms with Gasteiger partial charge < -0.3 is 15.0 Å². The third-order valence-corrected chi connectivity index (χ3v) is 4.70. The van der Waals surface area contributed by atoms with Gasteiger partial charge in [0, 0.05) is 11.6 Å². The molecule has 0 bridgehead atoms. The second kappa shape index (κ2) is 8.70. The molecule has 0 radical (unpaired) electrons. The number of nitrogens with zero attached hydrogens (tertiary/aromatic N) is 2. The molecule has 0 spiro atoms. The minimum Gasteiger partial charge on any atom is -0.453 e. The highest BCUT2D eigenvalue weighted by molar-refractivity contribution is 6.33. The third-order valence-electron chi connectivity index (χ3n) is 3.79. The van der Waals surface area contributed by atoms with E-state index >= 15 is 0 Å². The number of imidazole rings is 1. The van der Waals surface area contributed by atoms with Gasteiger partial charge in [0.1, 0.15) is 17.3 Å². The first-order valence-corrected chi connectivity index (χ1v) is 9.27. The SMILES string of the molecule is Cc1nc(Cl)c(C(=O)NCc2ccc(F)c(Oc3cc(Cl)cc(C#N)c3)c2Cl)[nH]1. The molecule has 29 heavy (non-hydrogen) atoms. The molecule has 3 aromatic rings. The fraction of sp³-hybridized carbons (Fsp3) is 0.105. The molecule has 0 aliphatic rings. The zero-order valence-corrected chi connectivity index (χ0v) is 17.1. The Labute approximate surface area is 180 Å². The molecule has 1 aromatic heterocycles. The molecule has 1 heterocycles. The first-order valence-electron chi connectivity index (χ1n) is 8.14. The minimum absolute atomic E-state index is 0.0122. The quantitative estimate of drug-likeness (QED) is 0.540. The van der Waals surface area contributed by atoms with Crippen LogP contribution in [0.3, 0.4) is 0 Å². The number of benzene rings is 2. The summed E-state index contributed by atoms with van der Waals surface area (Å²) in [6.45, 7) is 1.65. The number of amides is 1. The number of ether oxygens (including phenoxy) is 1. The third kappa shape index (κ3) is 4.80. The molecule has 2 aromatic carbocycles. The highest BCUT2D eigenvalue weighted by Gasteiger charge is 2.18. The number of hydrogen-bond acceptors (Lipinski definition) is 4. The van der Waals surface area contributed by atoms with Crippen molar-refractivity contribution in [3.63, 3.8) is 0 Å². The summed E-state index contributed by atoms with van der Waals surface area (Å²) in [6.07, 6.45) is 0. The van der Waals surface area contributed by atoms with Crippen molar-refractivity contribution < 1.29 is 13.9 Å². The smallest absolute Gasteiger partial charge is 0.271 e. The lowest BCUT2D eigenvalue weighted by Crippen LogP contribution is -2.23. The van der Waals surface area contributed by atoms with Crippen LogP contribution in [0.15, 0.2) is 30.3 Å². The molecule has 0 saturated carbocycles. The van der Waals surface area contributed by atoms with E-state index in [9.17, 15) is 9.18 Å². The van der Waals surface area contributed by atoms with E-state index in [0.29, 0.717) is 11.4 Å². The highest BCUT2D eigenvalue weighted by atomic mass is 35.5. The summed E-state index contributed by atoms with van der Waals surface area (Å²) in [4.78, 5) is 18.9. The molecular formula is C19H12Cl3FN4O2. The lowest BCUT2D eigenvalue weighted by Gasteiger charge is -2.13. The van der Waals surface area contributed by atoms with Gasteiger partial charge >= 0.3 is 0 Å². The molecule has 10 heteroatoms. The van der Waals surface area contributed by atoms with Crippen molar-refractivity contribution in [2.45, 2.75) is 13.5 Å². The summed E-state index contributed by atoms with van der Waals surface area (Å²) in [6, 6.07) is 8.78. The standard InChI is InChI=1S/C19H12Cl3FN4O2/c1-9-26-16(18(22)27-9)19(28)25-8-11-2-3-14(23)17(15(11)21)29-13-5-10(7-24)4-12(20)6-13/h2-6H,8H2,1H3,(H,25,28)(H,26,27). The molecule has 0 aliphatic heterocycles. The number of aromatic amines is 1. The van der Waals surface area contributed by atoms with Crippen LogP contribution in [-0.4, -0.2) is 15.9 Å². The second-order valence-electron chi connectivity index (χ2n) is 5.91. The van der Waals surface area contributed by atoms with Gasteiger partial charge in [-0.15, -0.1) is 0 Å². The Morgan fingerprint density at radius 3 is 2.72 bits per heavy atom. The van der Waals surface area contributed by atoms with E-state index in [1.807, 2.05) is 6.07 Å². The summed E-state index contributed by atoms with van der Waals surface area (Å²) < 4.78 is 19.8. The average molecular weight is 454 g/mol. The van der Waals surface area contributed by atoms with Crippen molar-refractivity contribution in [1.82, 2.24) is 15.3 Å².